The topological polar surface area (TPSA) is 55.6 Å². The second kappa shape index (κ2) is 7.31. The monoisotopic (exact) mass is 285 g/mol. The van der Waals surface area contributed by atoms with Crippen molar-refractivity contribution in [3.8, 4) is 11.4 Å². The van der Waals surface area contributed by atoms with Crippen molar-refractivity contribution < 1.29 is 0 Å². The van der Waals surface area contributed by atoms with Crippen molar-refractivity contribution in [2.75, 3.05) is 6.54 Å². The molecule has 112 valence electrons. The van der Waals surface area contributed by atoms with Crippen molar-refractivity contribution in [2.24, 2.45) is 0 Å². The van der Waals surface area contributed by atoms with Crippen LogP contribution >= 0.6 is 0 Å². The molecule has 0 bridgehead atoms. The number of tetrazole rings is 1. The minimum absolute atomic E-state index is 0.704. The Balaban J connectivity index is 1.42. The molecule has 0 spiro atoms. The highest BCUT2D eigenvalue weighted by Crippen LogP contribution is 2.17. The van der Waals surface area contributed by atoms with Crippen LogP contribution in [0.4, 0.5) is 0 Å². The summed E-state index contributed by atoms with van der Waals surface area (Å²) in [5.74, 6) is 0.704. The number of nitrogens with one attached hydrogen (secondary N) is 1. The zero-order valence-electron chi connectivity index (χ0n) is 12.4. The van der Waals surface area contributed by atoms with Gasteiger partial charge in [-0.15, -0.1) is 10.2 Å². The van der Waals surface area contributed by atoms with Gasteiger partial charge in [0.15, 0.2) is 0 Å². The highest BCUT2D eigenvalue weighted by atomic mass is 15.6. The molecule has 3 rings (SSSR count). The number of hydrogen-bond donors (Lipinski definition) is 1. The number of rotatable bonds is 6. The largest absolute Gasteiger partial charge is 0.314 e. The lowest BCUT2D eigenvalue weighted by Gasteiger charge is -2.22. The molecule has 1 N–H and O–H groups in total. The van der Waals surface area contributed by atoms with Gasteiger partial charge < -0.3 is 5.32 Å². The Kier molecular flexibility index (Phi) is 4.94. The van der Waals surface area contributed by atoms with Crippen molar-refractivity contribution in [3.63, 3.8) is 0 Å². The van der Waals surface area contributed by atoms with Crippen LogP contribution in [-0.2, 0) is 6.54 Å². The van der Waals surface area contributed by atoms with Gasteiger partial charge in [-0.2, -0.15) is 4.80 Å². The number of aryl methyl sites for hydroxylation is 1. The average molecular weight is 285 g/mol. The van der Waals surface area contributed by atoms with E-state index in [2.05, 4.69) is 20.7 Å². The van der Waals surface area contributed by atoms with Gasteiger partial charge in [0, 0.05) is 11.6 Å². The van der Waals surface area contributed by atoms with E-state index in [9.17, 15) is 0 Å². The lowest BCUT2D eigenvalue weighted by atomic mass is 9.95. The molecular formula is C16H23N5. The molecular weight excluding hydrogens is 262 g/mol. The van der Waals surface area contributed by atoms with Crippen molar-refractivity contribution in [2.45, 2.75) is 51.1 Å². The van der Waals surface area contributed by atoms with Gasteiger partial charge in [-0.3, -0.25) is 0 Å². The summed E-state index contributed by atoms with van der Waals surface area (Å²) in [5.41, 5.74) is 1.02. The molecule has 1 fully saturated rings. The summed E-state index contributed by atoms with van der Waals surface area (Å²) in [6.07, 6.45) is 7.87. The fourth-order valence-corrected chi connectivity index (χ4v) is 2.87. The predicted octanol–water partition coefficient (Wildman–Crippen LogP) is 2.65. The van der Waals surface area contributed by atoms with Gasteiger partial charge in [-0.25, -0.2) is 0 Å². The van der Waals surface area contributed by atoms with Gasteiger partial charge >= 0.3 is 0 Å². The first-order valence-electron chi connectivity index (χ1n) is 7.98. The maximum absolute atomic E-state index is 4.43. The second-order valence-corrected chi connectivity index (χ2v) is 5.72. The van der Waals surface area contributed by atoms with Gasteiger partial charge in [0.25, 0.3) is 0 Å². The molecule has 0 aliphatic heterocycles. The van der Waals surface area contributed by atoms with Gasteiger partial charge in [0.05, 0.1) is 6.54 Å². The summed E-state index contributed by atoms with van der Waals surface area (Å²) in [6.45, 7) is 1.85. The van der Waals surface area contributed by atoms with E-state index in [4.69, 9.17) is 0 Å². The van der Waals surface area contributed by atoms with Crippen LogP contribution in [0.1, 0.15) is 38.5 Å². The zero-order valence-corrected chi connectivity index (χ0v) is 12.4. The predicted molar refractivity (Wildman–Crippen MR) is 82.7 cm³/mol. The SMILES string of the molecule is c1ccc(-c2nnn(CCCNC3CCCCC3)n2)cc1. The van der Waals surface area contributed by atoms with Crippen LogP contribution in [0.15, 0.2) is 30.3 Å². The Bertz CT molecular complexity index is 531. The molecule has 0 amide bonds. The van der Waals surface area contributed by atoms with Crippen molar-refractivity contribution in [1.82, 2.24) is 25.5 Å². The molecule has 0 radical (unpaired) electrons. The Morgan fingerprint density at radius 3 is 2.71 bits per heavy atom. The standard InChI is InChI=1S/C16H23N5/c1-3-8-14(9-4-1)16-18-20-21(19-16)13-7-12-17-15-10-5-2-6-11-15/h1,3-4,8-9,15,17H,2,5-7,10-13H2. The molecule has 5 nitrogen and oxygen atoms in total. The molecule has 1 aromatic carbocycles. The van der Waals surface area contributed by atoms with E-state index in [1.165, 1.54) is 32.1 Å². The zero-order chi connectivity index (χ0) is 14.3. The minimum atomic E-state index is 0.704. The quantitative estimate of drug-likeness (QED) is 0.829. The van der Waals surface area contributed by atoms with Crippen molar-refractivity contribution in [3.05, 3.63) is 30.3 Å². The van der Waals surface area contributed by atoms with E-state index < -0.39 is 0 Å². The summed E-state index contributed by atoms with van der Waals surface area (Å²) in [5, 5.41) is 16.3. The molecule has 1 saturated carbocycles. The Hall–Kier alpha value is -1.75. The summed E-state index contributed by atoms with van der Waals surface area (Å²) in [7, 11) is 0. The first kappa shape index (κ1) is 14.2. The molecule has 0 saturated heterocycles. The molecule has 21 heavy (non-hydrogen) atoms. The van der Waals surface area contributed by atoms with E-state index in [0.717, 1.165) is 31.1 Å². The Morgan fingerprint density at radius 2 is 1.90 bits per heavy atom. The van der Waals surface area contributed by atoms with Crippen LogP contribution in [0.25, 0.3) is 11.4 Å². The second-order valence-electron chi connectivity index (χ2n) is 5.72. The van der Waals surface area contributed by atoms with Crippen molar-refractivity contribution in [1.29, 1.82) is 0 Å². The third-order valence-corrected chi connectivity index (χ3v) is 4.06. The Labute approximate surface area is 125 Å². The van der Waals surface area contributed by atoms with E-state index in [1.807, 2.05) is 30.3 Å². The highest BCUT2D eigenvalue weighted by molar-refractivity contribution is 5.52. The lowest BCUT2D eigenvalue weighted by molar-refractivity contribution is 0.364. The van der Waals surface area contributed by atoms with Gasteiger partial charge in [0.1, 0.15) is 0 Å². The molecule has 0 atom stereocenters. The fourth-order valence-electron chi connectivity index (χ4n) is 2.87. The molecule has 2 aromatic rings. The summed E-state index contributed by atoms with van der Waals surface area (Å²) in [6, 6.07) is 10.7. The maximum atomic E-state index is 4.43. The maximum Gasteiger partial charge on any atom is 0.204 e. The summed E-state index contributed by atoms with van der Waals surface area (Å²) < 4.78 is 0. The van der Waals surface area contributed by atoms with E-state index in [1.54, 1.807) is 4.80 Å². The number of hydrogen-bond acceptors (Lipinski definition) is 4. The van der Waals surface area contributed by atoms with Crippen molar-refractivity contribution >= 4 is 0 Å². The Morgan fingerprint density at radius 1 is 1.10 bits per heavy atom. The molecule has 5 heteroatoms. The number of nitrogens with zero attached hydrogens (tertiary/aromatic N) is 4. The van der Waals surface area contributed by atoms with Gasteiger partial charge in [-0.05, 0) is 31.0 Å². The minimum Gasteiger partial charge on any atom is -0.314 e. The lowest BCUT2D eigenvalue weighted by Crippen LogP contribution is -2.32. The molecule has 1 aliphatic rings. The van der Waals surface area contributed by atoms with E-state index in [-0.39, 0.29) is 0 Å². The van der Waals surface area contributed by atoms with Crippen LogP contribution in [-0.4, -0.2) is 32.8 Å². The fraction of sp³-hybridized carbons (Fsp3) is 0.562. The smallest absolute Gasteiger partial charge is 0.204 e. The highest BCUT2D eigenvalue weighted by Gasteiger charge is 2.12. The van der Waals surface area contributed by atoms with Crippen LogP contribution in [0.5, 0.6) is 0 Å². The van der Waals surface area contributed by atoms with Crippen LogP contribution < -0.4 is 5.32 Å². The third-order valence-electron chi connectivity index (χ3n) is 4.06. The van der Waals surface area contributed by atoms with Crippen LogP contribution in [0, 0.1) is 0 Å². The first-order chi connectivity index (χ1) is 10.4. The van der Waals surface area contributed by atoms with Gasteiger partial charge in [-0.1, -0.05) is 49.6 Å². The van der Waals surface area contributed by atoms with E-state index in [0.29, 0.717) is 5.82 Å². The summed E-state index contributed by atoms with van der Waals surface area (Å²) in [4.78, 5) is 1.70. The van der Waals surface area contributed by atoms with Crippen LogP contribution in [0.3, 0.4) is 0 Å². The van der Waals surface area contributed by atoms with Gasteiger partial charge in [0.2, 0.25) is 5.82 Å². The first-order valence-corrected chi connectivity index (χ1v) is 7.98. The number of aromatic nitrogens is 4. The third kappa shape index (κ3) is 4.11. The molecule has 1 aromatic heterocycles. The number of benzene rings is 1. The van der Waals surface area contributed by atoms with Crippen LogP contribution in [0.2, 0.25) is 0 Å². The molecule has 1 heterocycles. The molecule has 0 unspecified atom stereocenters. The summed E-state index contributed by atoms with van der Waals surface area (Å²) >= 11 is 0. The molecule has 1 aliphatic carbocycles. The van der Waals surface area contributed by atoms with E-state index >= 15 is 0 Å². The normalized spacial score (nSPS) is 16.2. The average Bonchev–Trinajstić information content (AvgIpc) is 3.02.